The fourth-order valence-electron chi connectivity index (χ4n) is 5.90. The minimum Gasteiger partial charge on any atom is -0.358 e. The van der Waals surface area contributed by atoms with Crippen molar-refractivity contribution in [2.45, 2.75) is 62.8 Å². The van der Waals surface area contributed by atoms with E-state index in [1.165, 1.54) is 25.7 Å². The SMILES string of the molecule is C=Nc1cc2c(cc1/C=C/CN(C=O)CCCNC1(C)CCCC1)CC(C(=O)NC)(c1cccnc1)C2. The molecule has 7 heteroatoms. The summed E-state index contributed by atoms with van der Waals surface area (Å²) in [7, 11) is 1.68. The molecule has 0 radical (unpaired) electrons. The van der Waals surface area contributed by atoms with E-state index in [0.29, 0.717) is 25.9 Å². The number of carbonyl (C=O) groups excluding carboxylic acids is 2. The number of nitrogens with one attached hydrogen (secondary N) is 2. The number of fused-ring (bicyclic) bond motifs is 1. The van der Waals surface area contributed by atoms with Crippen molar-refractivity contribution in [3.63, 3.8) is 0 Å². The molecule has 196 valence electrons. The van der Waals surface area contributed by atoms with Gasteiger partial charge in [-0.05, 0) is 87.2 Å². The van der Waals surface area contributed by atoms with E-state index in [1.807, 2.05) is 30.4 Å². The molecule has 2 aromatic rings. The molecule has 2 amide bonds. The molecule has 1 aromatic heterocycles. The summed E-state index contributed by atoms with van der Waals surface area (Å²) >= 11 is 0. The van der Waals surface area contributed by atoms with E-state index in [0.717, 1.165) is 47.3 Å². The van der Waals surface area contributed by atoms with Gasteiger partial charge in [0.1, 0.15) is 0 Å². The average Bonchev–Trinajstić information content (AvgIpc) is 3.53. The Kier molecular flexibility index (Phi) is 8.54. The van der Waals surface area contributed by atoms with Crippen molar-refractivity contribution in [1.29, 1.82) is 0 Å². The second-order valence-corrected chi connectivity index (χ2v) is 10.6. The van der Waals surface area contributed by atoms with Gasteiger partial charge in [-0.2, -0.15) is 0 Å². The number of hydrogen-bond donors (Lipinski definition) is 2. The van der Waals surface area contributed by atoms with E-state index >= 15 is 0 Å². The van der Waals surface area contributed by atoms with E-state index < -0.39 is 5.41 Å². The second-order valence-electron chi connectivity index (χ2n) is 10.6. The molecule has 4 rings (SSSR count). The minimum atomic E-state index is -0.690. The highest BCUT2D eigenvalue weighted by Gasteiger charge is 2.45. The highest BCUT2D eigenvalue weighted by atomic mass is 16.2. The van der Waals surface area contributed by atoms with Crippen LogP contribution in [0.1, 0.15) is 61.3 Å². The Bertz CT molecular complexity index is 1140. The van der Waals surface area contributed by atoms with Crippen LogP contribution < -0.4 is 10.6 Å². The summed E-state index contributed by atoms with van der Waals surface area (Å²) in [5.74, 6) is -0.0139. The Labute approximate surface area is 220 Å². The van der Waals surface area contributed by atoms with Crippen LogP contribution in [-0.2, 0) is 27.8 Å². The number of nitrogens with zero attached hydrogens (tertiary/aromatic N) is 3. The summed E-state index contributed by atoms with van der Waals surface area (Å²) in [5, 5.41) is 6.53. The molecule has 1 saturated carbocycles. The first kappa shape index (κ1) is 26.7. The van der Waals surface area contributed by atoms with Gasteiger partial charge >= 0.3 is 0 Å². The van der Waals surface area contributed by atoms with Gasteiger partial charge in [-0.1, -0.05) is 31.1 Å². The summed E-state index contributed by atoms with van der Waals surface area (Å²) in [6.07, 6.45) is 15.6. The number of aliphatic imine (C=N–C) groups is 1. The van der Waals surface area contributed by atoms with Gasteiger partial charge in [0.05, 0.1) is 11.1 Å². The third-order valence-corrected chi connectivity index (χ3v) is 8.05. The first-order valence-corrected chi connectivity index (χ1v) is 13.3. The van der Waals surface area contributed by atoms with Gasteiger partial charge in [-0.25, -0.2) is 0 Å². The third kappa shape index (κ3) is 5.99. The largest absolute Gasteiger partial charge is 0.358 e. The monoisotopic (exact) mass is 501 g/mol. The molecule has 1 atom stereocenters. The maximum absolute atomic E-state index is 13.1. The molecule has 0 bridgehead atoms. The lowest BCUT2D eigenvalue weighted by Crippen LogP contribution is -2.44. The molecule has 7 nitrogen and oxygen atoms in total. The topological polar surface area (TPSA) is 86.7 Å². The molecular formula is C30H39N5O2. The molecule has 0 spiro atoms. The molecule has 1 unspecified atom stereocenters. The van der Waals surface area contributed by atoms with E-state index in [-0.39, 0.29) is 11.4 Å². The van der Waals surface area contributed by atoms with Crippen LogP contribution in [0.2, 0.25) is 0 Å². The van der Waals surface area contributed by atoms with Crippen LogP contribution >= 0.6 is 0 Å². The predicted molar refractivity (Wildman–Crippen MR) is 149 cm³/mol. The van der Waals surface area contributed by atoms with Gasteiger partial charge in [0.15, 0.2) is 0 Å². The lowest BCUT2D eigenvalue weighted by atomic mass is 9.77. The molecule has 2 aliphatic rings. The Hall–Kier alpha value is -3.32. The van der Waals surface area contributed by atoms with Crippen LogP contribution in [0.5, 0.6) is 0 Å². The Morgan fingerprint density at radius 3 is 2.65 bits per heavy atom. The number of amides is 2. The zero-order valence-corrected chi connectivity index (χ0v) is 22.1. The number of pyridine rings is 1. The Morgan fingerprint density at radius 2 is 2.00 bits per heavy atom. The minimum absolute atomic E-state index is 0.0139. The van der Waals surface area contributed by atoms with E-state index in [4.69, 9.17) is 0 Å². The molecule has 2 N–H and O–H groups in total. The van der Waals surface area contributed by atoms with E-state index in [9.17, 15) is 9.59 Å². The normalized spacial score (nSPS) is 20.1. The van der Waals surface area contributed by atoms with Gasteiger partial charge < -0.3 is 15.5 Å². The quantitative estimate of drug-likeness (QED) is 0.262. The summed E-state index contributed by atoms with van der Waals surface area (Å²) < 4.78 is 0. The summed E-state index contributed by atoms with van der Waals surface area (Å²) in [5.41, 5.74) is 4.43. The van der Waals surface area contributed by atoms with Gasteiger partial charge in [0, 0.05) is 43.6 Å². The molecule has 2 aliphatic carbocycles. The number of likely N-dealkylation sites (N-methyl/N-ethyl adjacent to an activating group) is 1. The number of benzene rings is 1. The zero-order valence-electron chi connectivity index (χ0n) is 22.1. The fraction of sp³-hybridized carbons (Fsp3) is 0.467. The second kappa shape index (κ2) is 11.8. The number of rotatable bonds is 12. The third-order valence-electron chi connectivity index (χ3n) is 8.05. The predicted octanol–water partition coefficient (Wildman–Crippen LogP) is 3.98. The number of carbonyl (C=O) groups is 2. The highest BCUT2D eigenvalue weighted by molar-refractivity contribution is 5.90. The zero-order chi connectivity index (χ0) is 26.3. The molecular weight excluding hydrogens is 462 g/mol. The van der Waals surface area contributed by atoms with Crippen LogP contribution in [-0.4, -0.2) is 61.1 Å². The maximum Gasteiger partial charge on any atom is 0.231 e. The van der Waals surface area contributed by atoms with Crippen LogP contribution in [0, 0.1) is 0 Å². The smallest absolute Gasteiger partial charge is 0.231 e. The van der Waals surface area contributed by atoms with E-state index in [2.05, 4.69) is 40.3 Å². The molecule has 1 aromatic carbocycles. The van der Waals surface area contributed by atoms with E-state index in [1.54, 1.807) is 24.3 Å². The first-order valence-electron chi connectivity index (χ1n) is 13.3. The van der Waals surface area contributed by atoms with Crippen molar-refractivity contribution in [1.82, 2.24) is 20.5 Å². The van der Waals surface area contributed by atoms with Crippen LogP contribution in [0.4, 0.5) is 5.69 Å². The van der Waals surface area contributed by atoms with Crippen molar-refractivity contribution in [2.75, 3.05) is 26.7 Å². The lowest BCUT2D eigenvalue weighted by molar-refractivity contribution is -0.126. The summed E-state index contributed by atoms with van der Waals surface area (Å²) in [4.78, 5) is 35.0. The van der Waals surface area contributed by atoms with Gasteiger partial charge in [-0.3, -0.25) is 19.6 Å². The van der Waals surface area contributed by atoms with Crippen molar-refractivity contribution in [3.05, 3.63) is 65.0 Å². The van der Waals surface area contributed by atoms with Crippen LogP contribution in [0.3, 0.4) is 0 Å². The van der Waals surface area contributed by atoms with Crippen molar-refractivity contribution >= 4 is 30.8 Å². The van der Waals surface area contributed by atoms with Crippen LogP contribution in [0.25, 0.3) is 6.08 Å². The Morgan fingerprint density at radius 1 is 1.24 bits per heavy atom. The number of aromatic nitrogens is 1. The van der Waals surface area contributed by atoms with Gasteiger partial charge in [0.25, 0.3) is 0 Å². The van der Waals surface area contributed by atoms with Gasteiger partial charge in [0.2, 0.25) is 12.3 Å². The molecule has 0 saturated heterocycles. The van der Waals surface area contributed by atoms with Crippen molar-refractivity contribution in [3.8, 4) is 0 Å². The number of hydrogen-bond acceptors (Lipinski definition) is 5. The van der Waals surface area contributed by atoms with Crippen molar-refractivity contribution < 1.29 is 9.59 Å². The highest BCUT2D eigenvalue weighted by Crippen LogP contribution is 2.42. The van der Waals surface area contributed by atoms with Crippen LogP contribution in [0.15, 0.2) is 47.7 Å². The molecule has 37 heavy (non-hydrogen) atoms. The molecule has 1 heterocycles. The van der Waals surface area contributed by atoms with Crippen molar-refractivity contribution in [2.24, 2.45) is 4.99 Å². The standard InChI is InChI=1S/C30H39N5O2/c1-29(11-4-5-12-29)34-14-8-16-35(22-36)15-7-9-23-17-24-19-30(28(37)32-3,26-10-6-13-33-21-26)20-25(24)18-27(23)31-2/h6-7,9-10,13,17-18,21-22,34H,2,4-5,8,11-12,14-16,19-20H2,1,3H3,(H,32,37)/b9-7+. The Balaban J connectivity index is 1.42. The first-order chi connectivity index (χ1) is 17.9. The summed E-state index contributed by atoms with van der Waals surface area (Å²) in [6, 6.07) is 7.99. The molecule has 1 fully saturated rings. The summed E-state index contributed by atoms with van der Waals surface area (Å²) in [6.45, 7) is 8.24. The average molecular weight is 502 g/mol. The fourth-order valence-corrected chi connectivity index (χ4v) is 5.90. The maximum atomic E-state index is 13.1. The molecule has 0 aliphatic heterocycles. The van der Waals surface area contributed by atoms with Gasteiger partial charge in [-0.15, -0.1) is 0 Å². The lowest BCUT2D eigenvalue weighted by Gasteiger charge is -2.27.